The maximum Gasteiger partial charge on any atom is 0.144 e. The first kappa shape index (κ1) is 11.9. The van der Waals surface area contributed by atoms with Crippen LogP contribution in [0.4, 0.5) is 5.82 Å². The van der Waals surface area contributed by atoms with Gasteiger partial charge in [0.1, 0.15) is 17.5 Å². The lowest BCUT2D eigenvalue weighted by Crippen LogP contribution is -2.36. The SMILES string of the molecule is Cc1nn(C)c(N(C)CC2CCCN2)c1C#N. The second-order valence-corrected chi connectivity index (χ2v) is 4.69. The molecule has 5 heteroatoms. The maximum absolute atomic E-state index is 9.18. The number of hydrogen-bond donors (Lipinski definition) is 1. The number of nitrogens with one attached hydrogen (secondary N) is 1. The molecule has 1 saturated heterocycles. The van der Waals surface area contributed by atoms with E-state index in [2.05, 4.69) is 21.4 Å². The van der Waals surface area contributed by atoms with Gasteiger partial charge in [0.05, 0.1) is 5.69 Å². The fourth-order valence-corrected chi connectivity index (χ4v) is 2.54. The Labute approximate surface area is 102 Å². The lowest BCUT2D eigenvalue weighted by atomic mass is 10.2. The molecule has 0 bridgehead atoms. The average molecular weight is 233 g/mol. The van der Waals surface area contributed by atoms with E-state index in [0.717, 1.165) is 24.6 Å². The Balaban J connectivity index is 2.18. The fourth-order valence-electron chi connectivity index (χ4n) is 2.54. The van der Waals surface area contributed by atoms with Gasteiger partial charge in [-0.15, -0.1) is 0 Å². The van der Waals surface area contributed by atoms with E-state index in [1.165, 1.54) is 12.8 Å². The van der Waals surface area contributed by atoms with Crippen molar-refractivity contribution in [3.05, 3.63) is 11.3 Å². The van der Waals surface area contributed by atoms with Crippen molar-refractivity contribution >= 4 is 5.82 Å². The number of aryl methyl sites for hydroxylation is 2. The number of anilines is 1. The van der Waals surface area contributed by atoms with Gasteiger partial charge in [0.15, 0.2) is 0 Å². The summed E-state index contributed by atoms with van der Waals surface area (Å²) in [5.41, 5.74) is 1.49. The predicted octanol–water partition coefficient (Wildman–Crippen LogP) is 0.788. The highest BCUT2D eigenvalue weighted by Crippen LogP contribution is 2.22. The second-order valence-electron chi connectivity index (χ2n) is 4.69. The highest BCUT2D eigenvalue weighted by atomic mass is 15.4. The van der Waals surface area contributed by atoms with Crippen LogP contribution in [-0.2, 0) is 7.05 Å². The summed E-state index contributed by atoms with van der Waals surface area (Å²) in [5, 5.41) is 17.0. The Morgan fingerprint density at radius 1 is 1.65 bits per heavy atom. The van der Waals surface area contributed by atoms with Gasteiger partial charge in [0.2, 0.25) is 0 Å². The number of hydrogen-bond acceptors (Lipinski definition) is 4. The molecule has 1 aliphatic rings. The molecule has 92 valence electrons. The van der Waals surface area contributed by atoms with Gasteiger partial charge in [-0.2, -0.15) is 10.4 Å². The highest BCUT2D eigenvalue weighted by molar-refractivity contribution is 5.56. The Morgan fingerprint density at radius 2 is 2.41 bits per heavy atom. The van der Waals surface area contributed by atoms with Crippen LogP contribution in [0.25, 0.3) is 0 Å². The van der Waals surface area contributed by atoms with Crippen LogP contribution in [-0.4, -0.2) is 36.0 Å². The summed E-state index contributed by atoms with van der Waals surface area (Å²) in [6.07, 6.45) is 2.46. The maximum atomic E-state index is 9.18. The van der Waals surface area contributed by atoms with Gasteiger partial charge in [0.25, 0.3) is 0 Å². The van der Waals surface area contributed by atoms with Crippen LogP contribution in [0.5, 0.6) is 0 Å². The smallest absolute Gasteiger partial charge is 0.144 e. The molecule has 1 aromatic heterocycles. The van der Waals surface area contributed by atoms with E-state index < -0.39 is 0 Å². The van der Waals surface area contributed by atoms with E-state index in [1.807, 2.05) is 21.0 Å². The van der Waals surface area contributed by atoms with Gasteiger partial charge < -0.3 is 10.2 Å². The summed E-state index contributed by atoms with van der Waals surface area (Å²) >= 11 is 0. The number of aromatic nitrogens is 2. The summed E-state index contributed by atoms with van der Waals surface area (Å²) in [4.78, 5) is 2.13. The second kappa shape index (κ2) is 4.76. The Morgan fingerprint density at radius 3 is 3.00 bits per heavy atom. The number of nitriles is 1. The molecule has 1 aliphatic heterocycles. The molecule has 2 heterocycles. The topological polar surface area (TPSA) is 56.9 Å². The van der Waals surface area contributed by atoms with E-state index in [0.29, 0.717) is 11.6 Å². The third kappa shape index (κ3) is 2.27. The molecule has 1 atom stereocenters. The molecule has 0 aromatic carbocycles. The first-order chi connectivity index (χ1) is 8.13. The molecule has 5 nitrogen and oxygen atoms in total. The Kier molecular flexibility index (Phi) is 3.34. The first-order valence-corrected chi connectivity index (χ1v) is 6.01. The molecule has 1 N–H and O–H groups in total. The molecule has 0 spiro atoms. The van der Waals surface area contributed by atoms with E-state index in [-0.39, 0.29) is 0 Å². The predicted molar refractivity (Wildman–Crippen MR) is 67.0 cm³/mol. The summed E-state index contributed by atoms with van der Waals surface area (Å²) in [6, 6.07) is 2.77. The van der Waals surface area contributed by atoms with Crippen LogP contribution < -0.4 is 10.2 Å². The van der Waals surface area contributed by atoms with E-state index in [4.69, 9.17) is 0 Å². The van der Waals surface area contributed by atoms with Crippen LogP contribution in [0.1, 0.15) is 24.1 Å². The van der Waals surface area contributed by atoms with Gasteiger partial charge in [0, 0.05) is 26.7 Å². The number of rotatable bonds is 3. The van der Waals surface area contributed by atoms with Gasteiger partial charge in [-0.1, -0.05) is 0 Å². The molecule has 0 aliphatic carbocycles. The van der Waals surface area contributed by atoms with E-state index in [9.17, 15) is 5.26 Å². The zero-order valence-electron chi connectivity index (χ0n) is 10.7. The molecular formula is C12H19N5. The minimum absolute atomic E-state index is 0.529. The quantitative estimate of drug-likeness (QED) is 0.838. The van der Waals surface area contributed by atoms with Crippen molar-refractivity contribution in [2.24, 2.45) is 7.05 Å². The summed E-state index contributed by atoms with van der Waals surface area (Å²) in [7, 11) is 3.92. The molecule has 0 amide bonds. The number of nitrogens with zero attached hydrogens (tertiary/aromatic N) is 4. The van der Waals surface area contributed by atoms with Crippen molar-refractivity contribution in [2.75, 3.05) is 25.0 Å². The van der Waals surface area contributed by atoms with E-state index in [1.54, 1.807) is 4.68 Å². The molecular weight excluding hydrogens is 214 g/mol. The molecule has 17 heavy (non-hydrogen) atoms. The van der Waals surface area contributed by atoms with E-state index >= 15 is 0 Å². The Hall–Kier alpha value is -1.54. The normalized spacial score (nSPS) is 19.3. The highest BCUT2D eigenvalue weighted by Gasteiger charge is 2.21. The van der Waals surface area contributed by atoms with Crippen molar-refractivity contribution in [3.8, 4) is 6.07 Å². The van der Waals surface area contributed by atoms with Crippen LogP contribution in [0.2, 0.25) is 0 Å². The Bertz CT molecular complexity index is 436. The van der Waals surface area contributed by atoms with Crippen molar-refractivity contribution < 1.29 is 0 Å². The summed E-state index contributed by atoms with van der Waals surface area (Å²) in [5.74, 6) is 0.915. The minimum atomic E-state index is 0.529. The van der Waals surface area contributed by atoms with Crippen LogP contribution in [0, 0.1) is 18.3 Å². The lowest BCUT2D eigenvalue weighted by Gasteiger charge is -2.23. The third-order valence-electron chi connectivity index (χ3n) is 3.32. The minimum Gasteiger partial charge on any atom is -0.357 e. The van der Waals surface area contributed by atoms with Gasteiger partial charge in [-0.05, 0) is 26.3 Å². The van der Waals surface area contributed by atoms with Crippen molar-refractivity contribution in [3.63, 3.8) is 0 Å². The molecule has 0 saturated carbocycles. The average Bonchev–Trinajstić information content (AvgIpc) is 2.85. The lowest BCUT2D eigenvalue weighted by molar-refractivity contribution is 0.589. The van der Waals surface area contributed by atoms with Gasteiger partial charge in [-0.25, -0.2) is 0 Å². The molecule has 1 aromatic rings. The van der Waals surface area contributed by atoms with Crippen molar-refractivity contribution in [1.82, 2.24) is 15.1 Å². The number of likely N-dealkylation sites (N-methyl/N-ethyl adjacent to an activating group) is 1. The molecule has 1 fully saturated rings. The summed E-state index contributed by atoms with van der Waals surface area (Å²) < 4.78 is 1.79. The standard InChI is InChI=1S/C12H19N5/c1-9-11(7-13)12(17(3)15-9)16(2)8-10-5-4-6-14-10/h10,14H,4-6,8H2,1-3H3. The zero-order valence-corrected chi connectivity index (χ0v) is 10.7. The molecule has 0 radical (unpaired) electrons. The van der Waals surface area contributed by atoms with Crippen LogP contribution in [0.3, 0.4) is 0 Å². The molecule has 2 rings (SSSR count). The third-order valence-corrected chi connectivity index (χ3v) is 3.32. The first-order valence-electron chi connectivity index (χ1n) is 6.01. The van der Waals surface area contributed by atoms with Crippen LogP contribution in [0.15, 0.2) is 0 Å². The van der Waals surface area contributed by atoms with Crippen LogP contribution >= 0.6 is 0 Å². The van der Waals surface area contributed by atoms with Gasteiger partial charge in [-0.3, -0.25) is 4.68 Å². The molecule has 1 unspecified atom stereocenters. The monoisotopic (exact) mass is 233 g/mol. The largest absolute Gasteiger partial charge is 0.357 e. The summed E-state index contributed by atoms with van der Waals surface area (Å²) in [6.45, 7) is 3.91. The van der Waals surface area contributed by atoms with Crippen molar-refractivity contribution in [2.45, 2.75) is 25.8 Å². The van der Waals surface area contributed by atoms with Crippen molar-refractivity contribution in [1.29, 1.82) is 5.26 Å². The fraction of sp³-hybridized carbons (Fsp3) is 0.667. The van der Waals surface area contributed by atoms with Gasteiger partial charge >= 0.3 is 0 Å². The zero-order chi connectivity index (χ0) is 12.4.